The number of rotatable bonds is 3. The molecule has 10 heteroatoms. The number of primary sulfonamides is 1. The summed E-state index contributed by atoms with van der Waals surface area (Å²) in [6, 6.07) is 0. The Labute approximate surface area is 108 Å². The Balaban J connectivity index is 2.32. The molecular formula is C9H12N4O5S. The van der Waals surface area contributed by atoms with E-state index in [2.05, 4.69) is 14.9 Å². The number of esters is 1. The van der Waals surface area contributed by atoms with Gasteiger partial charge in [0.05, 0.1) is 19.0 Å². The summed E-state index contributed by atoms with van der Waals surface area (Å²) in [4.78, 5) is 24.4. The summed E-state index contributed by atoms with van der Waals surface area (Å²) in [5.41, 5.74) is 0.175. The van der Waals surface area contributed by atoms with E-state index < -0.39 is 27.1 Å². The predicted octanol–water partition coefficient (Wildman–Crippen LogP) is -1.41. The van der Waals surface area contributed by atoms with Crippen molar-refractivity contribution in [1.29, 1.82) is 0 Å². The molecule has 2 rings (SSSR count). The summed E-state index contributed by atoms with van der Waals surface area (Å²) in [6.45, 7) is -0.110. The van der Waals surface area contributed by atoms with Gasteiger partial charge in [-0.1, -0.05) is 0 Å². The summed E-state index contributed by atoms with van der Waals surface area (Å²) < 4.78 is 27.0. The predicted molar refractivity (Wildman–Crippen MR) is 63.8 cm³/mol. The number of ether oxygens (including phenoxy) is 1. The van der Waals surface area contributed by atoms with Crippen LogP contribution in [-0.2, 0) is 19.6 Å². The van der Waals surface area contributed by atoms with Crippen LogP contribution in [0.2, 0.25) is 0 Å². The lowest BCUT2D eigenvalue weighted by molar-refractivity contribution is -0.117. The molecule has 104 valence electrons. The number of methoxy groups -OCH3 is 1. The zero-order chi connectivity index (χ0) is 14.2. The smallest absolute Gasteiger partial charge is 0.358 e. The number of hydrogen-bond acceptors (Lipinski definition) is 6. The van der Waals surface area contributed by atoms with Gasteiger partial charge in [-0.05, 0) is 0 Å². The number of nitrogens with one attached hydrogen (secondary N) is 1. The molecule has 2 heterocycles. The van der Waals surface area contributed by atoms with Crippen molar-refractivity contribution in [3.63, 3.8) is 0 Å². The lowest BCUT2D eigenvalue weighted by Crippen LogP contribution is -2.32. The van der Waals surface area contributed by atoms with Crippen molar-refractivity contribution in [2.75, 3.05) is 18.6 Å². The van der Waals surface area contributed by atoms with E-state index in [-0.39, 0.29) is 24.3 Å². The Morgan fingerprint density at radius 3 is 2.84 bits per heavy atom. The van der Waals surface area contributed by atoms with E-state index in [0.717, 1.165) is 4.90 Å². The number of sulfonamides is 1. The Bertz CT molecular complexity index is 622. The van der Waals surface area contributed by atoms with Gasteiger partial charge in [0.1, 0.15) is 5.25 Å². The number of carbonyl (C=O) groups excluding carboxylic acids is 2. The molecule has 3 N–H and O–H groups in total. The number of aromatic amines is 1. The minimum atomic E-state index is -3.81. The van der Waals surface area contributed by atoms with E-state index in [1.165, 1.54) is 13.3 Å². The number of amides is 1. The molecule has 1 aliphatic heterocycles. The first-order valence-electron chi connectivity index (χ1n) is 5.28. The summed E-state index contributed by atoms with van der Waals surface area (Å²) in [7, 11) is -2.62. The van der Waals surface area contributed by atoms with Crippen molar-refractivity contribution in [2.24, 2.45) is 5.14 Å². The third kappa shape index (κ3) is 2.44. The molecule has 1 aromatic heterocycles. The van der Waals surface area contributed by atoms with Crippen LogP contribution in [0.4, 0.5) is 5.69 Å². The molecule has 1 unspecified atom stereocenters. The quantitative estimate of drug-likeness (QED) is 0.656. The second kappa shape index (κ2) is 4.63. The summed E-state index contributed by atoms with van der Waals surface area (Å²) in [6.07, 6.45) is 1.04. The summed E-state index contributed by atoms with van der Waals surface area (Å²) >= 11 is 0. The second-order valence-electron chi connectivity index (χ2n) is 4.04. The average Bonchev–Trinajstić information content (AvgIpc) is 2.92. The molecule has 1 atom stereocenters. The minimum Gasteiger partial charge on any atom is -0.464 e. The fourth-order valence-electron chi connectivity index (χ4n) is 1.86. The highest BCUT2D eigenvalue weighted by Gasteiger charge is 2.39. The molecule has 19 heavy (non-hydrogen) atoms. The van der Waals surface area contributed by atoms with Crippen LogP contribution in [-0.4, -0.2) is 49.4 Å². The van der Waals surface area contributed by atoms with E-state index in [1.807, 2.05) is 0 Å². The highest BCUT2D eigenvalue weighted by Crippen LogP contribution is 2.26. The topological polar surface area (TPSA) is 135 Å². The summed E-state index contributed by atoms with van der Waals surface area (Å²) in [5.74, 6) is -1.13. The minimum absolute atomic E-state index is 0.00841. The van der Waals surface area contributed by atoms with E-state index in [9.17, 15) is 18.0 Å². The normalized spacial score (nSPS) is 19.8. The largest absolute Gasteiger partial charge is 0.464 e. The molecule has 9 nitrogen and oxygen atoms in total. The number of hydrogen-bond donors (Lipinski definition) is 2. The molecule has 1 aromatic rings. The first kappa shape index (κ1) is 13.5. The van der Waals surface area contributed by atoms with E-state index >= 15 is 0 Å². The van der Waals surface area contributed by atoms with Crippen LogP contribution in [0.25, 0.3) is 0 Å². The van der Waals surface area contributed by atoms with Crippen LogP contribution in [0.1, 0.15) is 16.9 Å². The van der Waals surface area contributed by atoms with Crippen LogP contribution in [0.5, 0.6) is 0 Å². The van der Waals surface area contributed by atoms with Gasteiger partial charge in [0, 0.05) is 13.0 Å². The van der Waals surface area contributed by atoms with Gasteiger partial charge < -0.3 is 9.64 Å². The molecule has 0 spiro atoms. The Morgan fingerprint density at radius 2 is 2.32 bits per heavy atom. The average molecular weight is 288 g/mol. The molecule has 0 saturated carbocycles. The molecule has 0 bridgehead atoms. The zero-order valence-electron chi connectivity index (χ0n) is 9.99. The molecular weight excluding hydrogens is 276 g/mol. The van der Waals surface area contributed by atoms with E-state index in [1.54, 1.807) is 0 Å². The van der Waals surface area contributed by atoms with Crippen molar-refractivity contribution in [3.8, 4) is 0 Å². The second-order valence-corrected chi connectivity index (χ2v) is 5.89. The van der Waals surface area contributed by atoms with Crippen LogP contribution in [0, 0.1) is 0 Å². The van der Waals surface area contributed by atoms with Gasteiger partial charge in [-0.15, -0.1) is 0 Å². The number of H-pyrrole nitrogens is 1. The molecule has 1 saturated heterocycles. The highest BCUT2D eigenvalue weighted by molar-refractivity contribution is 7.89. The molecule has 0 aliphatic carbocycles. The van der Waals surface area contributed by atoms with E-state index in [4.69, 9.17) is 5.14 Å². The van der Waals surface area contributed by atoms with Crippen LogP contribution >= 0.6 is 0 Å². The van der Waals surface area contributed by atoms with Crippen molar-refractivity contribution >= 4 is 27.6 Å². The lowest BCUT2D eigenvalue weighted by atomic mass is 10.3. The third-order valence-corrected chi connectivity index (χ3v) is 4.10. The van der Waals surface area contributed by atoms with Gasteiger partial charge in [-0.25, -0.2) is 18.4 Å². The van der Waals surface area contributed by atoms with Crippen LogP contribution in [0.15, 0.2) is 6.20 Å². The van der Waals surface area contributed by atoms with Crippen molar-refractivity contribution in [2.45, 2.75) is 11.7 Å². The van der Waals surface area contributed by atoms with Gasteiger partial charge in [0.15, 0.2) is 5.69 Å². The maximum atomic E-state index is 11.8. The van der Waals surface area contributed by atoms with Gasteiger partial charge in [0.25, 0.3) is 0 Å². The maximum absolute atomic E-state index is 11.8. The fourth-order valence-corrected chi connectivity index (χ4v) is 2.60. The number of carbonyl (C=O) groups is 2. The third-order valence-electron chi connectivity index (χ3n) is 2.85. The van der Waals surface area contributed by atoms with Crippen molar-refractivity contribution in [3.05, 3.63) is 11.9 Å². The van der Waals surface area contributed by atoms with Gasteiger partial charge in [0.2, 0.25) is 15.9 Å². The number of nitrogens with two attached hydrogens (primary N) is 1. The Hall–Kier alpha value is -1.94. The first-order valence-corrected chi connectivity index (χ1v) is 6.89. The fraction of sp³-hybridized carbons (Fsp3) is 0.444. The monoisotopic (exact) mass is 288 g/mol. The summed E-state index contributed by atoms with van der Waals surface area (Å²) in [5, 5.41) is 10.1. The molecule has 1 fully saturated rings. The zero-order valence-corrected chi connectivity index (χ0v) is 10.8. The standard InChI is InChI=1S/C9H12N4O5S/c1-18-9(15)8-6(3-11-12-8)13-4-5(2-7(13)14)19(10,16)17/h3,5H,2,4H2,1H3,(H,11,12)(H2,10,16,17). The first-order chi connectivity index (χ1) is 8.84. The number of anilines is 1. The SMILES string of the molecule is COC(=O)c1[nH]ncc1N1CC(S(N)(=O)=O)CC1=O. The molecule has 0 aromatic carbocycles. The Kier molecular flexibility index (Phi) is 3.28. The van der Waals surface area contributed by atoms with Gasteiger partial charge in [-0.2, -0.15) is 5.10 Å². The lowest BCUT2D eigenvalue weighted by Gasteiger charge is -2.15. The number of aromatic nitrogens is 2. The highest BCUT2D eigenvalue weighted by atomic mass is 32.2. The maximum Gasteiger partial charge on any atom is 0.358 e. The van der Waals surface area contributed by atoms with E-state index in [0.29, 0.717) is 0 Å². The van der Waals surface area contributed by atoms with Crippen LogP contribution in [0.3, 0.4) is 0 Å². The van der Waals surface area contributed by atoms with Crippen molar-refractivity contribution < 1.29 is 22.7 Å². The van der Waals surface area contributed by atoms with Crippen LogP contribution < -0.4 is 10.0 Å². The van der Waals surface area contributed by atoms with Crippen molar-refractivity contribution in [1.82, 2.24) is 10.2 Å². The van der Waals surface area contributed by atoms with Gasteiger partial charge >= 0.3 is 5.97 Å². The van der Waals surface area contributed by atoms with Gasteiger partial charge in [-0.3, -0.25) is 9.89 Å². The number of nitrogens with zero attached hydrogens (tertiary/aromatic N) is 2. The molecule has 1 aliphatic rings. The molecule has 0 radical (unpaired) electrons. The Morgan fingerprint density at radius 1 is 1.63 bits per heavy atom. The molecule has 1 amide bonds.